The van der Waals surface area contributed by atoms with Crippen LogP contribution in [0.15, 0.2) is 48.5 Å². The zero-order valence-corrected chi connectivity index (χ0v) is 15.5. The zero-order chi connectivity index (χ0) is 16.5. The van der Waals surface area contributed by atoms with Crippen molar-refractivity contribution in [2.75, 3.05) is 18.5 Å². The van der Waals surface area contributed by atoms with E-state index in [1.807, 2.05) is 0 Å². The number of aryl methyl sites for hydroxylation is 2. The molecule has 0 bridgehead atoms. The molecule has 23 heavy (non-hydrogen) atoms. The molecular formula is C20H23BrO2. The molecule has 2 aromatic carbocycles. The predicted molar refractivity (Wildman–Crippen MR) is 96.9 cm³/mol. The van der Waals surface area contributed by atoms with Crippen molar-refractivity contribution in [1.82, 2.24) is 0 Å². The van der Waals surface area contributed by atoms with E-state index in [0.717, 1.165) is 16.5 Å². The van der Waals surface area contributed by atoms with Crippen LogP contribution in [0.1, 0.15) is 29.2 Å². The first-order valence-electron chi connectivity index (χ1n) is 7.96. The average Bonchev–Trinajstić information content (AvgIpc) is 2.58. The second-order valence-electron chi connectivity index (χ2n) is 6.87. The normalized spacial score (nSPS) is 19.5. The van der Waals surface area contributed by atoms with Gasteiger partial charge in [0.2, 0.25) is 5.79 Å². The molecule has 0 N–H and O–H groups in total. The Morgan fingerprint density at radius 3 is 1.57 bits per heavy atom. The summed E-state index contributed by atoms with van der Waals surface area (Å²) in [5.41, 5.74) is 4.55. The zero-order valence-electron chi connectivity index (χ0n) is 13.9. The van der Waals surface area contributed by atoms with E-state index in [1.165, 1.54) is 11.1 Å². The largest absolute Gasteiger partial charge is 0.341 e. The second-order valence-corrected chi connectivity index (χ2v) is 7.43. The van der Waals surface area contributed by atoms with E-state index in [4.69, 9.17) is 9.47 Å². The lowest BCUT2D eigenvalue weighted by molar-refractivity contribution is -0.283. The smallest absolute Gasteiger partial charge is 0.222 e. The van der Waals surface area contributed by atoms with Gasteiger partial charge in [0, 0.05) is 21.9 Å². The fraction of sp³-hybridized carbons (Fsp3) is 0.400. The van der Waals surface area contributed by atoms with Crippen molar-refractivity contribution in [3.05, 3.63) is 70.8 Å². The summed E-state index contributed by atoms with van der Waals surface area (Å²) in [4.78, 5) is 0. The Bertz CT molecular complexity index is 606. The third-order valence-electron chi connectivity index (χ3n) is 4.43. The van der Waals surface area contributed by atoms with Gasteiger partial charge in [0.05, 0.1) is 13.2 Å². The molecule has 122 valence electrons. The fourth-order valence-corrected chi connectivity index (χ4v) is 3.08. The van der Waals surface area contributed by atoms with E-state index in [1.54, 1.807) is 0 Å². The van der Waals surface area contributed by atoms with E-state index in [9.17, 15) is 0 Å². The van der Waals surface area contributed by atoms with Gasteiger partial charge >= 0.3 is 0 Å². The van der Waals surface area contributed by atoms with Crippen molar-refractivity contribution in [3.63, 3.8) is 0 Å². The van der Waals surface area contributed by atoms with Crippen LogP contribution in [0.3, 0.4) is 0 Å². The molecule has 0 radical (unpaired) electrons. The van der Waals surface area contributed by atoms with Crippen LogP contribution in [-0.4, -0.2) is 18.5 Å². The number of hydrogen-bond donors (Lipinski definition) is 0. The summed E-state index contributed by atoms with van der Waals surface area (Å²) in [5.74, 6) is -0.816. The van der Waals surface area contributed by atoms with Crippen LogP contribution in [-0.2, 0) is 15.3 Å². The van der Waals surface area contributed by atoms with Crippen molar-refractivity contribution < 1.29 is 9.47 Å². The molecule has 1 fully saturated rings. The Labute approximate surface area is 146 Å². The van der Waals surface area contributed by atoms with Gasteiger partial charge in [0.25, 0.3) is 0 Å². The van der Waals surface area contributed by atoms with E-state index in [-0.39, 0.29) is 5.41 Å². The highest BCUT2D eigenvalue weighted by Crippen LogP contribution is 2.42. The number of ether oxygens (including phenoxy) is 2. The van der Waals surface area contributed by atoms with Gasteiger partial charge in [-0.05, 0) is 13.8 Å². The molecule has 1 aliphatic rings. The van der Waals surface area contributed by atoms with Gasteiger partial charge in [-0.2, -0.15) is 0 Å². The Morgan fingerprint density at radius 1 is 0.826 bits per heavy atom. The maximum atomic E-state index is 6.37. The minimum atomic E-state index is -0.816. The Morgan fingerprint density at radius 2 is 1.22 bits per heavy atom. The molecule has 1 saturated heterocycles. The van der Waals surface area contributed by atoms with E-state index in [0.29, 0.717) is 13.2 Å². The van der Waals surface area contributed by atoms with Gasteiger partial charge in [0.1, 0.15) is 0 Å². The molecule has 0 atom stereocenters. The van der Waals surface area contributed by atoms with E-state index in [2.05, 4.69) is 85.2 Å². The summed E-state index contributed by atoms with van der Waals surface area (Å²) >= 11 is 3.58. The highest BCUT2D eigenvalue weighted by Gasteiger charge is 2.44. The molecule has 1 heterocycles. The first kappa shape index (κ1) is 16.7. The fourth-order valence-electron chi connectivity index (χ4n) is 2.76. The molecule has 2 aromatic rings. The van der Waals surface area contributed by atoms with Gasteiger partial charge < -0.3 is 9.47 Å². The number of halogens is 1. The quantitative estimate of drug-likeness (QED) is 0.707. The first-order chi connectivity index (χ1) is 11.0. The van der Waals surface area contributed by atoms with Crippen LogP contribution >= 0.6 is 15.9 Å². The Kier molecular flexibility index (Phi) is 4.63. The lowest BCUT2D eigenvalue weighted by atomic mass is 9.90. The summed E-state index contributed by atoms with van der Waals surface area (Å²) < 4.78 is 12.7. The summed E-state index contributed by atoms with van der Waals surface area (Å²) in [6.45, 7) is 7.66. The third-order valence-corrected chi connectivity index (χ3v) is 5.79. The Balaban J connectivity index is 2.04. The molecule has 1 aliphatic heterocycles. The minimum Gasteiger partial charge on any atom is -0.341 e. The van der Waals surface area contributed by atoms with Crippen LogP contribution < -0.4 is 0 Å². The van der Waals surface area contributed by atoms with Gasteiger partial charge in [-0.15, -0.1) is 0 Å². The molecule has 2 nitrogen and oxygen atoms in total. The van der Waals surface area contributed by atoms with Crippen LogP contribution in [0.5, 0.6) is 0 Å². The highest BCUT2D eigenvalue weighted by molar-refractivity contribution is 9.09. The van der Waals surface area contributed by atoms with Crippen molar-refractivity contribution in [2.45, 2.75) is 26.6 Å². The van der Waals surface area contributed by atoms with Crippen molar-refractivity contribution >= 4 is 15.9 Å². The summed E-state index contributed by atoms with van der Waals surface area (Å²) in [6.07, 6.45) is 0. The molecule has 0 aromatic heterocycles. The summed E-state index contributed by atoms with van der Waals surface area (Å²) in [6, 6.07) is 16.8. The maximum Gasteiger partial charge on any atom is 0.222 e. The molecule has 0 saturated carbocycles. The van der Waals surface area contributed by atoms with Gasteiger partial charge in [-0.1, -0.05) is 82.5 Å². The predicted octanol–water partition coefficient (Wildman–Crippen LogP) is 4.95. The number of benzene rings is 2. The average molecular weight is 375 g/mol. The van der Waals surface area contributed by atoms with Gasteiger partial charge in [-0.25, -0.2) is 0 Å². The van der Waals surface area contributed by atoms with E-state index >= 15 is 0 Å². The van der Waals surface area contributed by atoms with E-state index < -0.39 is 5.79 Å². The highest BCUT2D eigenvalue weighted by atomic mass is 79.9. The van der Waals surface area contributed by atoms with Crippen LogP contribution in [0, 0.1) is 19.3 Å². The topological polar surface area (TPSA) is 18.5 Å². The molecule has 0 amide bonds. The summed E-state index contributed by atoms with van der Waals surface area (Å²) in [7, 11) is 0. The van der Waals surface area contributed by atoms with Crippen LogP contribution in [0.25, 0.3) is 0 Å². The van der Waals surface area contributed by atoms with Gasteiger partial charge in [-0.3, -0.25) is 0 Å². The SMILES string of the molecule is Cc1ccc(C2(c3ccc(C)cc3)OCC(C)(CBr)CO2)cc1. The number of rotatable bonds is 3. The summed E-state index contributed by atoms with van der Waals surface area (Å²) in [5, 5.41) is 0.859. The molecule has 0 aliphatic carbocycles. The molecule has 3 heteroatoms. The maximum absolute atomic E-state index is 6.37. The van der Waals surface area contributed by atoms with Crippen molar-refractivity contribution in [2.24, 2.45) is 5.41 Å². The second kappa shape index (κ2) is 6.39. The minimum absolute atomic E-state index is 0.00110. The van der Waals surface area contributed by atoms with Crippen molar-refractivity contribution in [3.8, 4) is 0 Å². The monoisotopic (exact) mass is 374 g/mol. The molecule has 3 rings (SSSR count). The molecule has 0 unspecified atom stereocenters. The van der Waals surface area contributed by atoms with Crippen LogP contribution in [0.4, 0.5) is 0 Å². The standard InChI is InChI=1S/C20H23BrO2/c1-15-4-8-17(9-5-15)20(18-10-6-16(2)7-11-18)22-13-19(3,12-21)14-23-20/h4-11H,12-14H2,1-3H3. The number of alkyl halides is 1. The van der Waals surface area contributed by atoms with Gasteiger partial charge in [0.15, 0.2) is 0 Å². The number of hydrogen-bond acceptors (Lipinski definition) is 2. The molecular weight excluding hydrogens is 352 g/mol. The Hall–Kier alpha value is -1.16. The van der Waals surface area contributed by atoms with Crippen LogP contribution in [0.2, 0.25) is 0 Å². The lowest BCUT2D eigenvalue weighted by Crippen LogP contribution is -2.48. The van der Waals surface area contributed by atoms with Crippen molar-refractivity contribution in [1.29, 1.82) is 0 Å². The third kappa shape index (κ3) is 3.23. The molecule has 0 spiro atoms. The first-order valence-corrected chi connectivity index (χ1v) is 9.08. The lowest BCUT2D eigenvalue weighted by Gasteiger charge is -2.44.